The van der Waals surface area contributed by atoms with Crippen molar-refractivity contribution >= 4 is 11.8 Å². The molecule has 1 nitrogen and oxygen atoms in total. The number of nitrogens with two attached hydrogens (primary N) is 1. The molecule has 0 unspecified atom stereocenters. The molecule has 0 aromatic rings. The summed E-state index contributed by atoms with van der Waals surface area (Å²) in [6.45, 7) is 2.91. The van der Waals surface area contributed by atoms with Crippen molar-refractivity contribution in [3.8, 4) is 0 Å². The number of rotatable bonds is 2. The lowest BCUT2D eigenvalue weighted by Gasteiger charge is -1.98. The zero-order valence-electron chi connectivity index (χ0n) is 4.27. The molecule has 0 saturated carbocycles. The Morgan fingerprint density at radius 1 is 1.83 bits per heavy atom. The van der Waals surface area contributed by atoms with E-state index in [1.165, 1.54) is 0 Å². The molecule has 0 heterocycles. The van der Waals surface area contributed by atoms with Crippen molar-refractivity contribution in [2.45, 2.75) is 12.2 Å². The van der Waals surface area contributed by atoms with Crippen molar-refractivity contribution < 1.29 is 0 Å². The van der Waals surface area contributed by atoms with Crippen molar-refractivity contribution in [2.75, 3.05) is 12.8 Å². The molecule has 0 saturated heterocycles. The SMILES string of the molecule is CS[C@@H](C)CN. The zero-order valence-corrected chi connectivity index (χ0v) is 5.09. The average Bonchev–Trinajstić information content (AvgIpc) is 1.65. The van der Waals surface area contributed by atoms with Crippen LogP contribution in [0.25, 0.3) is 0 Å². The maximum Gasteiger partial charge on any atom is 0.0139 e. The predicted octanol–water partition coefficient (Wildman–Crippen LogP) is 0.697. The van der Waals surface area contributed by atoms with Crippen molar-refractivity contribution in [2.24, 2.45) is 5.73 Å². The van der Waals surface area contributed by atoms with Gasteiger partial charge in [-0.3, -0.25) is 0 Å². The molecular formula is C4H11NS. The van der Waals surface area contributed by atoms with Gasteiger partial charge in [0.25, 0.3) is 0 Å². The van der Waals surface area contributed by atoms with E-state index in [0.29, 0.717) is 5.25 Å². The second-order valence-corrected chi connectivity index (χ2v) is 2.56. The van der Waals surface area contributed by atoms with Crippen molar-refractivity contribution in [3.05, 3.63) is 0 Å². The first-order valence-corrected chi connectivity index (χ1v) is 3.33. The second kappa shape index (κ2) is 3.50. The smallest absolute Gasteiger partial charge is 0.0139 e. The van der Waals surface area contributed by atoms with Gasteiger partial charge >= 0.3 is 0 Å². The molecule has 0 rings (SSSR count). The van der Waals surface area contributed by atoms with Gasteiger partial charge in [-0.1, -0.05) is 6.92 Å². The van der Waals surface area contributed by atoms with E-state index in [0.717, 1.165) is 6.54 Å². The number of thioether (sulfide) groups is 1. The second-order valence-electron chi connectivity index (χ2n) is 1.28. The molecule has 0 bridgehead atoms. The van der Waals surface area contributed by atoms with Gasteiger partial charge in [-0.15, -0.1) is 0 Å². The van der Waals surface area contributed by atoms with Crippen LogP contribution in [-0.2, 0) is 0 Å². The van der Waals surface area contributed by atoms with Crippen molar-refractivity contribution in [1.82, 2.24) is 0 Å². The van der Waals surface area contributed by atoms with E-state index in [-0.39, 0.29) is 0 Å². The molecule has 38 valence electrons. The van der Waals surface area contributed by atoms with Crippen LogP contribution in [0.15, 0.2) is 0 Å². The summed E-state index contributed by atoms with van der Waals surface area (Å²) in [5.74, 6) is 0. The summed E-state index contributed by atoms with van der Waals surface area (Å²) in [5.41, 5.74) is 5.26. The number of hydrogen-bond acceptors (Lipinski definition) is 2. The fourth-order valence-electron chi connectivity index (χ4n) is 0.0962. The lowest BCUT2D eigenvalue weighted by atomic mass is 10.5. The van der Waals surface area contributed by atoms with Crippen LogP contribution in [0, 0.1) is 0 Å². The first-order valence-electron chi connectivity index (χ1n) is 2.04. The van der Waals surface area contributed by atoms with Gasteiger partial charge in [0.2, 0.25) is 0 Å². The third-order valence-electron chi connectivity index (χ3n) is 0.734. The van der Waals surface area contributed by atoms with Gasteiger partial charge in [0.05, 0.1) is 0 Å². The Bertz CT molecular complexity index is 26.7. The maximum absolute atomic E-state index is 5.26. The highest BCUT2D eigenvalue weighted by atomic mass is 32.2. The summed E-state index contributed by atoms with van der Waals surface area (Å²) >= 11 is 1.80. The summed E-state index contributed by atoms with van der Waals surface area (Å²) in [7, 11) is 0. The molecule has 6 heavy (non-hydrogen) atoms. The Kier molecular flexibility index (Phi) is 3.68. The van der Waals surface area contributed by atoms with E-state index in [1.54, 1.807) is 11.8 Å². The van der Waals surface area contributed by atoms with Crippen LogP contribution in [-0.4, -0.2) is 18.1 Å². The molecule has 2 N–H and O–H groups in total. The van der Waals surface area contributed by atoms with E-state index >= 15 is 0 Å². The van der Waals surface area contributed by atoms with Gasteiger partial charge in [0.15, 0.2) is 0 Å². The standard InChI is InChI=1S/C4H11NS/c1-4(3-5)6-2/h4H,3,5H2,1-2H3/t4-/m0/s1. The van der Waals surface area contributed by atoms with E-state index in [1.807, 2.05) is 0 Å². The van der Waals surface area contributed by atoms with E-state index in [2.05, 4.69) is 13.2 Å². The Balaban J connectivity index is 2.75. The van der Waals surface area contributed by atoms with E-state index in [9.17, 15) is 0 Å². The summed E-state index contributed by atoms with van der Waals surface area (Å²) in [4.78, 5) is 0. The van der Waals surface area contributed by atoms with Crippen LogP contribution in [0.3, 0.4) is 0 Å². The molecule has 0 aromatic heterocycles. The average molecular weight is 105 g/mol. The summed E-state index contributed by atoms with van der Waals surface area (Å²) in [6, 6.07) is 0. The largest absolute Gasteiger partial charge is 0.329 e. The lowest BCUT2D eigenvalue weighted by Crippen LogP contribution is -2.11. The Morgan fingerprint density at radius 2 is 2.33 bits per heavy atom. The van der Waals surface area contributed by atoms with Gasteiger partial charge in [0.1, 0.15) is 0 Å². The minimum absolute atomic E-state index is 0.630. The molecular weight excluding hydrogens is 94.1 g/mol. The molecule has 0 spiro atoms. The molecule has 0 aliphatic heterocycles. The molecule has 0 aliphatic rings. The fourth-order valence-corrected chi connectivity index (χ4v) is 0.289. The summed E-state index contributed by atoms with van der Waals surface area (Å²) in [6.07, 6.45) is 2.07. The third kappa shape index (κ3) is 2.54. The molecule has 1 atom stereocenters. The van der Waals surface area contributed by atoms with Gasteiger partial charge in [0, 0.05) is 11.8 Å². The topological polar surface area (TPSA) is 26.0 Å². The predicted molar refractivity (Wildman–Crippen MR) is 32.0 cm³/mol. The minimum Gasteiger partial charge on any atom is -0.329 e. The lowest BCUT2D eigenvalue weighted by molar-refractivity contribution is 0.955. The van der Waals surface area contributed by atoms with E-state index < -0.39 is 0 Å². The van der Waals surface area contributed by atoms with Crippen LogP contribution in [0.1, 0.15) is 6.92 Å². The van der Waals surface area contributed by atoms with Crippen LogP contribution in [0.4, 0.5) is 0 Å². The van der Waals surface area contributed by atoms with E-state index in [4.69, 9.17) is 5.73 Å². The van der Waals surface area contributed by atoms with Crippen LogP contribution in [0.5, 0.6) is 0 Å². The fraction of sp³-hybridized carbons (Fsp3) is 1.00. The molecule has 0 aliphatic carbocycles. The zero-order chi connectivity index (χ0) is 4.99. The van der Waals surface area contributed by atoms with Crippen LogP contribution < -0.4 is 5.73 Å². The quantitative estimate of drug-likeness (QED) is 0.559. The normalized spacial score (nSPS) is 14.5. The van der Waals surface area contributed by atoms with Crippen LogP contribution in [0.2, 0.25) is 0 Å². The highest BCUT2D eigenvalue weighted by Crippen LogP contribution is 2.00. The number of hydrogen-bond donors (Lipinski definition) is 1. The molecule has 0 fully saturated rings. The summed E-state index contributed by atoms with van der Waals surface area (Å²) in [5, 5.41) is 0.630. The Hall–Kier alpha value is 0.310. The third-order valence-corrected chi connectivity index (χ3v) is 1.73. The molecule has 0 aromatic carbocycles. The maximum atomic E-state index is 5.26. The van der Waals surface area contributed by atoms with Crippen molar-refractivity contribution in [1.29, 1.82) is 0 Å². The van der Waals surface area contributed by atoms with Crippen molar-refractivity contribution in [3.63, 3.8) is 0 Å². The Labute approximate surface area is 43.3 Å². The van der Waals surface area contributed by atoms with Gasteiger partial charge in [-0.05, 0) is 6.26 Å². The molecule has 0 radical (unpaired) electrons. The summed E-state index contributed by atoms with van der Waals surface area (Å²) < 4.78 is 0. The molecule has 0 amide bonds. The van der Waals surface area contributed by atoms with Gasteiger partial charge < -0.3 is 5.73 Å². The highest BCUT2D eigenvalue weighted by molar-refractivity contribution is 7.99. The molecule has 2 heteroatoms. The van der Waals surface area contributed by atoms with Gasteiger partial charge in [-0.2, -0.15) is 11.8 Å². The Morgan fingerprint density at radius 3 is 2.33 bits per heavy atom. The van der Waals surface area contributed by atoms with Gasteiger partial charge in [-0.25, -0.2) is 0 Å². The first kappa shape index (κ1) is 6.31. The highest BCUT2D eigenvalue weighted by Gasteiger charge is 1.89. The first-order chi connectivity index (χ1) is 2.81. The minimum atomic E-state index is 0.630. The monoisotopic (exact) mass is 105 g/mol. The van der Waals surface area contributed by atoms with Crippen LogP contribution >= 0.6 is 11.8 Å².